The van der Waals surface area contributed by atoms with E-state index >= 15 is 0 Å². The van der Waals surface area contributed by atoms with Crippen LogP contribution < -0.4 is 14.8 Å². The molecule has 0 spiro atoms. The summed E-state index contributed by atoms with van der Waals surface area (Å²) in [4.78, 5) is 13.2. The molecule has 0 unspecified atom stereocenters. The van der Waals surface area contributed by atoms with Crippen LogP contribution in [0.3, 0.4) is 0 Å². The van der Waals surface area contributed by atoms with Gasteiger partial charge in [-0.2, -0.15) is 0 Å². The molecule has 1 aliphatic heterocycles. The number of amides is 1. The summed E-state index contributed by atoms with van der Waals surface area (Å²) < 4.78 is 13.0. The Labute approximate surface area is 172 Å². The van der Waals surface area contributed by atoms with Crippen molar-refractivity contribution in [2.45, 2.75) is 12.5 Å². The molecule has 0 radical (unpaired) electrons. The van der Waals surface area contributed by atoms with Crippen LogP contribution in [0.4, 0.5) is 0 Å². The van der Waals surface area contributed by atoms with Crippen molar-refractivity contribution in [3.05, 3.63) is 89.3 Å². The van der Waals surface area contributed by atoms with Crippen LogP contribution in [-0.2, 0) is 6.42 Å². The lowest BCUT2D eigenvalue weighted by molar-refractivity contribution is 0.0937. The van der Waals surface area contributed by atoms with E-state index < -0.39 is 0 Å². The Morgan fingerprint density at radius 3 is 2.69 bits per heavy atom. The molecule has 0 bridgehead atoms. The fraction of sp³-hybridized carbons (Fsp3) is 0.125. The number of thiophene rings is 1. The number of carbonyl (C=O) groups is 1. The lowest BCUT2D eigenvalue weighted by atomic mass is 10.1. The summed E-state index contributed by atoms with van der Waals surface area (Å²) in [6.45, 7) is 0.469. The van der Waals surface area contributed by atoms with Gasteiger partial charge in [0.2, 0.25) is 0 Å². The fourth-order valence-corrected chi connectivity index (χ4v) is 4.47. The van der Waals surface area contributed by atoms with E-state index in [0.29, 0.717) is 6.54 Å². The highest BCUT2D eigenvalue weighted by Gasteiger charge is 2.24. The Bertz CT molecular complexity index is 1140. The van der Waals surface area contributed by atoms with Crippen molar-refractivity contribution < 1.29 is 14.3 Å². The molecular formula is C24H19NO3S. The number of carbonyl (C=O) groups excluding carboxylic acids is 1. The van der Waals surface area contributed by atoms with Gasteiger partial charge in [0.05, 0.1) is 11.4 Å². The molecule has 0 saturated heterocycles. The third-order valence-electron chi connectivity index (χ3n) is 4.89. The van der Waals surface area contributed by atoms with Crippen molar-refractivity contribution in [2.75, 3.05) is 6.54 Å². The van der Waals surface area contributed by atoms with Gasteiger partial charge in [-0.1, -0.05) is 36.4 Å². The van der Waals surface area contributed by atoms with Crippen molar-refractivity contribution in [2.24, 2.45) is 0 Å². The molecule has 0 fully saturated rings. The lowest BCUT2D eigenvalue weighted by Gasteiger charge is -2.11. The number of nitrogens with one attached hydrogen (secondary N) is 1. The van der Waals surface area contributed by atoms with Gasteiger partial charge < -0.3 is 14.8 Å². The molecular weight excluding hydrogens is 382 g/mol. The molecule has 4 nitrogen and oxygen atoms in total. The Kier molecular flexibility index (Phi) is 4.66. The van der Waals surface area contributed by atoms with Crippen LogP contribution >= 0.6 is 11.3 Å². The van der Waals surface area contributed by atoms with E-state index in [9.17, 15) is 4.79 Å². The van der Waals surface area contributed by atoms with Crippen molar-refractivity contribution >= 4 is 27.3 Å². The Morgan fingerprint density at radius 1 is 1.00 bits per heavy atom. The monoisotopic (exact) mass is 401 g/mol. The molecule has 1 N–H and O–H groups in total. The SMILES string of the molecule is O=C(NC[C@H]1Cc2cc(Oc3ccccc3)ccc2O1)c1cc2ccccc2s1. The summed E-state index contributed by atoms with van der Waals surface area (Å²) in [7, 11) is 0. The highest BCUT2D eigenvalue weighted by Crippen LogP contribution is 2.33. The molecule has 1 atom stereocenters. The minimum Gasteiger partial charge on any atom is -0.488 e. The van der Waals surface area contributed by atoms with Crippen LogP contribution in [0.5, 0.6) is 17.2 Å². The van der Waals surface area contributed by atoms with E-state index in [4.69, 9.17) is 9.47 Å². The van der Waals surface area contributed by atoms with E-state index in [2.05, 4.69) is 5.32 Å². The summed E-state index contributed by atoms with van der Waals surface area (Å²) in [6.07, 6.45) is 0.670. The second-order valence-electron chi connectivity index (χ2n) is 6.99. The first-order valence-electron chi connectivity index (χ1n) is 9.54. The number of hydrogen-bond donors (Lipinski definition) is 1. The maximum atomic E-state index is 12.5. The molecule has 0 saturated carbocycles. The predicted molar refractivity (Wildman–Crippen MR) is 115 cm³/mol. The van der Waals surface area contributed by atoms with Gasteiger partial charge in [0.15, 0.2) is 0 Å². The first-order chi connectivity index (χ1) is 14.2. The minimum atomic E-state index is -0.0738. The first kappa shape index (κ1) is 17.8. The van der Waals surface area contributed by atoms with Crippen LogP contribution in [0.1, 0.15) is 15.2 Å². The van der Waals surface area contributed by atoms with E-state index in [-0.39, 0.29) is 12.0 Å². The largest absolute Gasteiger partial charge is 0.488 e. The van der Waals surface area contributed by atoms with Crippen LogP contribution in [0.2, 0.25) is 0 Å². The van der Waals surface area contributed by atoms with Gasteiger partial charge in [0.25, 0.3) is 5.91 Å². The molecule has 3 aromatic carbocycles. The minimum absolute atomic E-state index is 0.0566. The first-order valence-corrected chi connectivity index (χ1v) is 10.4. The summed E-state index contributed by atoms with van der Waals surface area (Å²) in [5, 5.41) is 4.10. The number of benzene rings is 3. The third kappa shape index (κ3) is 3.82. The molecule has 1 aromatic heterocycles. The standard InChI is InChI=1S/C24H19NO3S/c26-24(23-14-16-6-4-5-9-22(16)29-23)25-15-20-13-17-12-19(10-11-21(17)28-20)27-18-7-2-1-3-8-18/h1-12,14,20H,13,15H2,(H,25,26)/t20-/m1/s1. The van der Waals surface area contributed by atoms with Gasteiger partial charge in [0, 0.05) is 16.7 Å². The molecule has 5 rings (SSSR count). The average Bonchev–Trinajstić information content (AvgIpc) is 3.36. The van der Waals surface area contributed by atoms with E-state index in [1.54, 1.807) is 0 Å². The van der Waals surface area contributed by atoms with Gasteiger partial charge in [-0.15, -0.1) is 11.3 Å². The summed E-state index contributed by atoms with van der Waals surface area (Å²) in [6, 6.07) is 25.5. The van der Waals surface area contributed by atoms with E-state index in [1.165, 1.54) is 11.3 Å². The Balaban J connectivity index is 1.21. The van der Waals surface area contributed by atoms with Crippen molar-refractivity contribution in [1.29, 1.82) is 0 Å². The number of ether oxygens (including phenoxy) is 2. The summed E-state index contributed by atoms with van der Waals surface area (Å²) in [5.41, 5.74) is 1.10. The molecule has 4 aromatic rings. The molecule has 2 heterocycles. The van der Waals surface area contributed by atoms with Gasteiger partial charge in [-0.25, -0.2) is 0 Å². The molecule has 5 heteroatoms. The van der Waals surface area contributed by atoms with Crippen LogP contribution in [0.15, 0.2) is 78.9 Å². The number of rotatable bonds is 5. The van der Waals surface area contributed by atoms with Crippen LogP contribution in [0, 0.1) is 0 Å². The van der Waals surface area contributed by atoms with Crippen LogP contribution in [0.25, 0.3) is 10.1 Å². The number of fused-ring (bicyclic) bond motifs is 2. The zero-order chi connectivity index (χ0) is 19.6. The zero-order valence-corrected chi connectivity index (χ0v) is 16.4. The highest BCUT2D eigenvalue weighted by atomic mass is 32.1. The van der Waals surface area contributed by atoms with Gasteiger partial charge in [0.1, 0.15) is 23.4 Å². The smallest absolute Gasteiger partial charge is 0.261 e. The topological polar surface area (TPSA) is 47.6 Å². The van der Waals surface area contributed by atoms with Gasteiger partial charge in [-0.3, -0.25) is 4.79 Å². The van der Waals surface area contributed by atoms with E-state index in [1.807, 2.05) is 78.9 Å². The second kappa shape index (κ2) is 7.60. The number of para-hydroxylation sites is 1. The fourth-order valence-electron chi connectivity index (χ4n) is 3.49. The predicted octanol–water partition coefficient (Wildman–Crippen LogP) is 5.43. The Morgan fingerprint density at radius 2 is 1.83 bits per heavy atom. The maximum absolute atomic E-state index is 12.5. The summed E-state index contributed by atoms with van der Waals surface area (Å²) in [5.74, 6) is 2.39. The van der Waals surface area contributed by atoms with Crippen molar-refractivity contribution in [3.8, 4) is 17.2 Å². The van der Waals surface area contributed by atoms with Crippen molar-refractivity contribution in [3.63, 3.8) is 0 Å². The molecule has 29 heavy (non-hydrogen) atoms. The second-order valence-corrected chi connectivity index (χ2v) is 8.07. The maximum Gasteiger partial charge on any atom is 0.261 e. The summed E-state index contributed by atoms with van der Waals surface area (Å²) >= 11 is 1.51. The molecule has 144 valence electrons. The van der Waals surface area contributed by atoms with Gasteiger partial charge >= 0.3 is 0 Å². The molecule has 1 amide bonds. The number of hydrogen-bond acceptors (Lipinski definition) is 4. The molecule has 1 aliphatic rings. The highest BCUT2D eigenvalue weighted by molar-refractivity contribution is 7.20. The zero-order valence-electron chi connectivity index (χ0n) is 15.6. The normalized spacial score (nSPS) is 15.0. The van der Waals surface area contributed by atoms with E-state index in [0.717, 1.165) is 44.2 Å². The Hall–Kier alpha value is -3.31. The van der Waals surface area contributed by atoms with Crippen LogP contribution in [-0.4, -0.2) is 18.6 Å². The lowest BCUT2D eigenvalue weighted by Crippen LogP contribution is -2.34. The average molecular weight is 401 g/mol. The van der Waals surface area contributed by atoms with Gasteiger partial charge in [-0.05, 0) is 47.9 Å². The third-order valence-corrected chi connectivity index (χ3v) is 6.01. The quantitative estimate of drug-likeness (QED) is 0.485. The van der Waals surface area contributed by atoms with Crippen molar-refractivity contribution in [1.82, 2.24) is 5.32 Å². The molecule has 0 aliphatic carbocycles.